The van der Waals surface area contributed by atoms with Crippen LogP contribution in [-0.2, 0) is 16.2 Å². The Hall–Kier alpha value is -0.780. The average molecular weight is 245 g/mol. The normalized spacial score (nSPS) is 13.8. The first-order valence-corrected chi connectivity index (χ1v) is 6.90. The summed E-state index contributed by atoms with van der Waals surface area (Å²) in [6.45, 7) is 20.4. The first-order chi connectivity index (χ1) is 7.82. The van der Waals surface area contributed by atoms with Crippen LogP contribution in [0.4, 0.5) is 0 Å². The van der Waals surface area contributed by atoms with Crippen LogP contribution in [0.1, 0.15) is 79.0 Å². The van der Waals surface area contributed by atoms with Gasteiger partial charge in [0.1, 0.15) is 0 Å². The van der Waals surface area contributed by atoms with Crippen molar-refractivity contribution in [1.29, 1.82) is 0 Å². The molecule has 0 aliphatic carbocycles. The van der Waals surface area contributed by atoms with Gasteiger partial charge in [-0.05, 0) is 39.0 Å². The van der Waals surface area contributed by atoms with Crippen molar-refractivity contribution in [3.8, 4) is 0 Å². The maximum atomic E-state index is 3.64. The molecule has 0 aliphatic heterocycles. The molecule has 1 radical (unpaired) electrons. The molecule has 1 aromatic rings. The van der Waals surface area contributed by atoms with Gasteiger partial charge in [-0.2, -0.15) is 0 Å². The van der Waals surface area contributed by atoms with Gasteiger partial charge < -0.3 is 0 Å². The molecule has 0 nitrogen and oxygen atoms in total. The van der Waals surface area contributed by atoms with Crippen LogP contribution >= 0.6 is 0 Å². The minimum Gasteiger partial charge on any atom is -0.0561 e. The van der Waals surface area contributed by atoms with Gasteiger partial charge in [-0.15, -0.1) is 0 Å². The van der Waals surface area contributed by atoms with Crippen LogP contribution in [0.5, 0.6) is 0 Å². The van der Waals surface area contributed by atoms with Gasteiger partial charge in [-0.3, -0.25) is 0 Å². The molecule has 0 heterocycles. The lowest BCUT2D eigenvalue weighted by Crippen LogP contribution is -2.20. The van der Waals surface area contributed by atoms with Crippen molar-refractivity contribution < 1.29 is 0 Å². The van der Waals surface area contributed by atoms with Crippen molar-refractivity contribution >= 4 is 0 Å². The quantitative estimate of drug-likeness (QED) is 0.575. The Bertz CT molecular complexity index is 338. The molecule has 0 spiro atoms. The Morgan fingerprint density at radius 2 is 0.944 bits per heavy atom. The highest BCUT2D eigenvalue weighted by molar-refractivity contribution is 5.38. The molecule has 0 atom stereocenters. The zero-order chi connectivity index (χ0) is 14.4. The van der Waals surface area contributed by atoms with E-state index in [4.69, 9.17) is 0 Å². The lowest BCUT2D eigenvalue weighted by Gasteiger charge is -2.29. The van der Waals surface area contributed by atoms with Crippen LogP contribution in [0, 0.1) is 6.07 Å². The van der Waals surface area contributed by atoms with E-state index in [1.165, 1.54) is 16.7 Å². The summed E-state index contributed by atoms with van der Waals surface area (Å²) in [5, 5.41) is 0. The van der Waals surface area contributed by atoms with Crippen molar-refractivity contribution in [2.24, 2.45) is 0 Å². The van der Waals surface area contributed by atoms with Crippen LogP contribution in [0.25, 0.3) is 0 Å². The highest BCUT2D eigenvalue weighted by Crippen LogP contribution is 2.33. The SMILES string of the molecule is CC(C)(C)c1[c]c(C(C)(C)C)cc(C(C)(C)C)c1. The van der Waals surface area contributed by atoms with E-state index in [1.807, 2.05) is 0 Å². The second-order valence-corrected chi connectivity index (χ2v) is 8.45. The summed E-state index contributed by atoms with van der Waals surface area (Å²) in [5.41, 5.74) is 4.55. The molecule has 0 N–H and O–H groups in total. The van der Waals surface area contributed by atoms with Crippen LogP contribution in [0.2, 0.25) is 0 Å². The fourth-order valence-corrected chi connectivity index (χ4v) is 1.81. The Morgan fingerprint density at radius 1 is 0.611 bits per heavy atom. The molecule has 0 amide bonds. The zero-order valence-electron chi connectivity index (χ0n) is 13.7. The van der Waals surface area contributed by atoms with Crippen molar-refractivity contribution in [3.63, 3.8) is 0 Å². The van der Waals surface area contributed by atoms with Crippen molar-refractivity contribution in [1.82, 2.24) is 0 Å². The van der Waals surface area contributed by atoms with E-state index >= 15 is 0 Å². The number of hydrogen-bond acceptors (Lipinski definition) is 0. The Morgan fingerprint density at radius 3 is 1.17 bits per heavy atom. The van der Waals surface area contributed by atoms with Gasteiger partial charge in [0.15, 0.2) is 0 Å². The van der Waals surface area contributed by atoms with Crippen molar-refractivity contribution in [2.45, 2.75) is 78.6 Å². The molecular formula is C18H29. The summed E-state index contributed by atoms with van der Waals surface area (Å²) >= 11 is 0. The predicted molar refractivity (Wildman–Crippen MR) is 81.4 cm³/mol. The molecular weight excluding hydrogens is 216 g/mol. The van der Waals surface area contributed by atoms with E-state index in [9.17, 15) is 0 Å². The molecule has 0 aromatic heterocycles. The first kappa shape index (κ1) is 15.3. The second-order valence-electron chi connectivity index (χ2n) is 8.45. The predicted octanol–water partition coefficient (Wildman–Crippen LogP) is 5.38. The van der Waals surface area contributed by atoms with Crippen LogP contribution < -0.4 is 0 Å². The standard InChI is InChI=1S/C18H29/c1-16(2,3)13-10-14(17(4,5)6)12-15(11-13)18(7,8)9/h10-11H,1-9H3. The minimum absolute atomic E-state index is 0.154. The van der Waals surface area contributed by atoms with Gasteiger partial charge in [0.2, 0.25) is 0 Å². The summed E-state index contributed by atoms with van der Waals surface area (Å²) in [7, 11) is 0. The third-order valence-corrected chi connectivity index (χ3v) is 3.35. The minimum atomic E-state index is 0.154. The van der Waals surface area contributed by atoms with Crippen LogP contribution in [0.3, 0.4) is 0 Å². The molecule has 1 rings (SSSR count). The highest BCUT2D eigenvalue weighted by atomic mass is 14.3. The molecule has 0 unspecified atom stereocenters. The molecule has 0 saturated carbocycles. The molecule has 1 aromatic carbocycles. The summed E-state index contributed by atoms with van der Waals surface area (Å²) in [4.78, 5) is 0. The van der Waals surface area contributed by atoms with E-state index in [0.717, 1.165) is 0 Å². The largest absolute Gasteiger partial charge is 0.0561 e. The van der Waals surface area contributed by atoms with Gasteiger partial charge in [-0.1, -0.05) is 74.4 Å². The van der Waals surface area contributed by atoms with E-state index in [-0.39, 0.29) is 16.2 Å². The highest BCUT2D eigenvalue weighted by Gasteiger charge is 2.24. The van der Waals surface area contributed by atoms with E-state index in [2.05, 4.69) is 80.5 Å². The number of rotatable bonds is 0. The zero-order valence-corrected chi connectivity index (χ0v) is 13.7. The van der Waals surface area contributed by atoms with Gasteiger partial charge in [-0.25, -0.2) is 0 Å². The third-order valence-electron chi connectivity index (χ3n) is 3.35. The molecule has 18 heavy (non-hydrogen) atoms. The summed E-state index contributed by atoms with van der Waals surface area (Å²) < 4.78 is 0. The molecule has 0 saturated heterocycles. The first-order valence-electron chi connectivity index (χ1n) is 6.90. The van der Waals surface area contributed by atoms with Gasteiger partial charge in [0.25, 0.3) is 0 Å². The monoisotopic (exact) mass is 245 g/mol. The van der Waals surface area contributed by atoms with E-state index in [0.29, 0.717) is 0 Å². The fraction of sp³-hybridized carbons (Fsp3) is 0.667. The molecule has 0 heteroatoms. The van der Waals surface area contributed by atoms with Gasteiger partial charge in [0.05, 0.1) is 0 Å². The van der Waals surface area contributed by atoms with Crippen LogP contribution in [0.15, 0.2) is 12.1 Å². The topological polar surface area (TPSA) is 0 Å². The average Bonchev–Trinajstić information content (AvgIpc) is 2.13. The smallest absolute Gasteiger partial charge is 0.0103 e. The van der Waals surface area contributed by atoms with Crippen LogP contribution in [-0.4, -0.2) is 0 Å². The molecule has 0 fully saturated rings. The Kier molecular flexibility index (Phi) is 3.74. The molecule has 0 bridgehead atoms. The Balaban J connectivity index is 3.49. The number of hydrogen-bond donors (Lipinski definition) is 0. The molecule has 0 aliphatic rings. The van der Waals surface area contributed by atoms with Crippen molar-refractivity contribution in [3.05, 3.63) is 34.9 Å². The van der Waals surface area contributed by atoms with E-state index < -0.39 is 0 Å². The lowest BCUT2D eigenvalue weighted by atomic mass is 9.76. The maximum absolute atomic E-state index is 3.64. The summed E-state index contributed by atoms with van der Waals surface area (Å²) in [6, 6.07) is 8.29. The third kappa shape index (κ3) is 3.60. The van der Waals surface area contributed by atoms with Gasteiger partial charge >= 0.3 is 0 Å². The second kappa shape index (κ2) is 4.40. The summed E-state index contributed by atoms with van der Waals surface area (Å²) in [6.07, 6.45) is 0. The van der Waals surface area contributed by atoms with E-state index in [1.54, 1.807) is 0 Å². The fourth-order valence-electron chi connectivity index (χ4n) is 1.81. The Labute approximate surface area is 114 Å². The van der Waals surface area contributed by atoms with Gasteiger partial charge in [0, 0.05) is 0 Å². The summed E-state index contributed by atoms with van der Waals surface area (Å²) in [5.74, 6) is 0. The van der Waals surface area contributed by atoms with Crippen molar-refractivity contribution in [2.75, 3.05) is 0 Å². The maximum Gasteiger partial charge on any atom is -0.0103 e. The molecule has 101 valence electrons. The lowest BCUT2D eigenvalue weighted by molar-refractivity contribution is 0.546. The number of benzene rings is 1.